The third-order valence-corrected chi connectivity index (χ3v) is 2.65. The van der Waals surface area contributed by atoms with Crippen LogP contribution in [0.15, 0.2) is 28.9 Å². The molecule has 1 unspecified atom stereocenters. The Balaban J connectivity index is 1.97. The summed E-state index contributed by atoms with van der Waals surface area (Å²) in [6.45, 7) is 2.02. The standard InChI is InChI=1S/C13H16N4O3/c1-8(14)6-9-2-4-10(5-3-9)19-7-11-12(13(15)18)17-20-16-11/h2-5,8H,6-7,14H2,1H3,(H2,15,18). The fraction of sp³-hybridized carbons (Fsp3) is 0.308. The molecule has 1 aromatic carbocycles. The summed E-state index contributed by atoms with van der Waals surface area (Å²) in [5.41, 5.74) is 12.2. The van der Waals surface area contributed by atoms with E-state index in [0.29, 0.717) is 5.75 Å². The summed E-state index contributed by atoms with van der Waals surface area (Å²) in [4.78, 5) is 11.0. The van der Waals surface area contributed by atoms with E-state index in [-0.39, 0.29) is 24.0 Å². The number of benzene rings is 1. The van der Waals surface area contributed by atoms with Gasteiger partial charge in [-0.2, -0.15) is 0 Å². The molecule has 0 aliphatic carbocycles. The topological polar surface area (TPSA) is 117 Å². The molecule has 4 N–H and O–H groups in total. The number of rotatable bonds is 6. The number of aromatic nitrogens is 2. The maximum Gasteiger partial charge on any atom is 0.273 e. The number of nitrogens with two attached hydrogens (primary N) is 2. The molecular weight excluding hydrogens is 260 g/mol. The molecular formula is C13H16N4O3. The minimum atomic E-state index is -0.697. The highest BCUT2D eigenvalue weighted by Crippen LogP contribution is 2.15. The molecule has 1 atom stereocenters. The van der Waals surface area contributed by atoms with Crippen LogP contribution in [0.3, 0.4) is 0 Å². The molecule has 0 saturated heterocycles. The van der Waals surface area contributed by atoms with Gasteiger partial charge in [0.1, 0.15) is 12.4 Å². The number of hydrogen-bond donors (Lipinski definition) is 2. The molecule has 0 bridgehead atoms. The van der Waals surface area contributed by atoms with Crippen molar-refractivity contribution >= 4 is 5.91 Å². The number of carbonyl (C=O) groups is 1. The predicted molar refractivity (Wildman–Crippen MR) is 70.9 cm³/mol. The first kappa shape index (κ1) is 14.0. The van der Waals surface area contributed by atoms with Gasteiger partial charge in [-0.3, -0.25) is 4.79 Å². The van der Waals surface area contributed by atoms with E-state index in [2.05, 4.69) is 14.9 Å². The maximum absolute atomic E-state index is 11.0. The summed E-state index contributed by atoms with van der Waals surface area (Å²) < 4.78 is 9.96. The molecule has 7 nitrogen and oxygen atoms in total. The molecule has 106 valence electrons. The zero-order valence-corrected chi connectivity index (χ0v) is 11.1. The van der Waals surface area contributed by atoms with E-state index in [1.54, 1.807) is 0 Å². The molecule has 0 radical (unpaired) electrons. The van der Waals surface area contributed by atoms with E-state index in [1.165, 1.54) is 0 Å². The van der Waals surface area contributed by atoms with Crippen LogP contribution in [-0.2, 0) is 13.0 Å². The second-order valence-electron chi connectivity index (χ2n) is 4.54. The SMILES string of the molecule is CC(N)Cc1ccc(OCc2nonc2C(N)=O)cc1. The highest BCUT2D eigenvalue weighted by Gasteiger charge is 2.15. The van der Waals surface area contributed by atoms with Gasteiger partial charge in [0, 0.05) is 6.04 Å². The minimum absolute atomic E-state index is 0.0152. The zero-order chi connectivity index (χ0) is 14.5. The van der Waals surface area contributed by atoms with Gasteiger partial charge < -0.3 is 16.2 Å². The highest BCUT2D eigenvalue weighted by atomic mass is 16.6. The molecule has 0 spiro atoms. The molecule has 7 heteroatoms. The first-order valence-electron chi connectivity index (χ1n) is 6.15. The number of carbonyl (C=O) groups excluding carboxylic acids is 1. The Morgan fingerprint density at radius 3 is 2.65 bits per heavy atom. The average Bonchev–Trinajstić information content (AvgIpc) is 2.86. The smallest absolute Gasteiger partial charge is 0.273 e. The number of ether oxygens (including phenoxy) is 1. The van der Waals surface area contributed by atoms with E-state index in [0.717, 1.165) is 12.0 Å². The third kappa shape index (κ3) is 3.55. The van der Waals surface area contributed by atoms with Crippen LogP contribution in [0.1, 0.15) is 28.7 Å². The van der Waals surface area contributed by atoms with Crippen LogP contribution in [0, 0.1) is 0 Å². The van der Waals surface area contributed by atoms with Crippen LogP contribution in [-0.4, -0.2) is 22.3 Å². The third-order valence-electron chi connectivity index (χ3n) is 2.65. The Hall–Kier alpha value is -2.41. The average molecular weight is 276 g/mol. The van der Waals surface area contributed by atoms with Gasteiger partial charge in [-0.25, -0.2) is 4.63 Å². The van der Waals surface area contributed by atoms with Crippen molar-refractivity contribution in [3.05, 3.63) is 41.2 Å². The number of hydrogen-bond acceptors (Lipinski definition) is 6. The van der Waals surface area contributed by atoms with E-state index >= 15 is 0 Å². The Bertz CT molecular complexity index is 578. The first-order chi connectivity index (χ1) is 9.56. The van der Waals surface area contributed by atoms with Crippen LogP contribution in [0.25, 0.3) is 0 Å². The van der Waals surface area contributed by atoms with Gasteiger partial charge in [0.05, 0.1) is 0 Å². The molecule has 0 fully saturated rings. The Kier molecular flexibility index (Phi) is 4.31. The molecule has 2 aromatic rings. The van der Waals surface area contributed by atoms with Crippen molar-refractivity contribution in [1.29, 1.82) is 0 Å². The molecule has 2 rings (SSSR count). The van der Waals surface area contributed by atoms with E-state index in [4.69, 9.17) is 16.2 Å². The Morgan fingerprint density at radius 2 is 2.05 bits per heavy atom. The van der Waals surface area contributed by atoms with Crippen molar-refractivity contribution in [2.24, 2.45) is 11.5 Å². The fourth-order valence-corrected chi connectivity index (χ4v) is 1.73. The number of primary amides is 1. The van der Waals surface area contributed by atoms with Crippen LogP contribution in [0.4, 0.5) is 0 Å². The van der Waals surface area contributed by atoms with Crippen LogP contribution in [0.2, 0.25) is 0 Å². The summed E-state index contributed by atoms with van der Waals surface area (Å²) in [6.07, 6.45) is 0.805. The maximum atomic E-state index is 11.0. The lowest BCUT2D eigenvalue weighted by atomic mass is 10.1. The zero-order valence-electron chi connectivity index (χ0n) is 11.1. The van der Waals surface area contributed by atoms with Crippen molar-refractivity contribution in [1.82, 2.24) is 10.3 Å². The Morgan fingerprint density at radius 1 is 1.35 bits per heavy atom. The fourth-order valence-electron chi connectivity index (χ4n) is 1.73. The van der Waals surface area contributed by atoms with Crippen molar-refractivity contribution in [3.8, 4) is 5.75 Å². The highest BCUT2D eigenvalue weighted by molar-refractivity contribution is 5.91. The molecule has 1 amide bonds. The summed E-state index contributed by atoms with van der Waals surface area (Å²) >= 11 is 0. The molecule has 0 aliphatic rings. The predicted octanol–water partition coefficient (Wildman–Crippen LogP) is 0.637. The lowest BCUT2D eigenvalue weighted by molar-refractivity contribution is 0.0989. The second kappa shape index (κ2) is 6.16. The van der Waals surface area contributed by atoms with Gasteiger partial charge in [-0.15, -0.1) is 0 Å². The molecule has 0 saturated carbocycles. The van der Waals surface area contributed by atoms with Gasteiger partial charge in [0.2, 0.25) is 0 Å². The number of nitrogens with zero attached hydrogens (tertiary/aromatic N) is 2. The van der Waals surface area contributed by atoms with E-state index < -0.39 is 5.91 Å². The summed E-state index contributed by atoms with van der Waals surface area (Å²) in [6, 6.07) is 7.65. The molecule has 1 heterocycles. The van der Waals surface area contributed by atoms with Crippen molar-refractivity contribution in [2.45, 2.75) is 26.0 Å². The van der Waals surface area contributed by atoms with Gasteiger partial charge in [0.15, 0.2) is 11.4 Å². The van der Waals surface area contributed by atoms with E-state index in [1.807, 2.05) is 31.2 Å². The van der Waals surface area contributed by atoms with E-state index in [9.17, 15) is 4.79 Å². The Labute approximate surface area is 115 Å². The van der Waals surface area contributed by atoms with Crippen molar-refractivity contribution in [2.75, 3.05) is 0 Å². The second-order valence-corrected chi connectivity index (χ2v) is 4.54. The molecule has 0 aliphatic heterocycles. The molecule has 1 aromatic heterocycles. The van der Waals surface area contributed by atoms with Gasteiger partial charge in [-0.05, 0) is 36.2 Å². The van der Waals surface area contributed by atoms with Gasteiger partial charge in [0.25, 0.3) is 5.91 Å². The quantitative estimate of drug-likeness (QED) is 0.799. The summed E-state index contributed by atoms with van der Waals surface area (Å²) in [5.74, 6) is -0.0472. The largest absolute Gasteiger partial charge is 0.487 e. The van der Waals surface area contributed by atoms with Crippen molar-refractivity contribution in [3.63, 3.8) is 0 Å². The lowest BCUT2D eigenvalue weighted by Gasteiger charge is -2.07. The number of amides is 1. The molecule has 20 heavy (non-hydrogen) atoms. The monoisotopic (exact) mass is 276 g/mol. The summed E-state index contributed by atoms with van der Waals surface area (Å²) in [5, 5.41) is 7.00. The van der Waals surface area contributed by atoms with Gasteiger partial charge >= 0.3 is 0 Å². The lowest BCUT2D eigenvalue weighted by Crippen LogP contribution is -2.17. The van der Waals surface area contributed by atoms with Gasteiger partial charge in [-0.1, -0.05) is 17.3 Å². The van der Waals surface area contributed by atoms with Crippen LogP contribution < -0.4 is 16.2 Å². The van der Waals surface area contributed by atoms with Crippen molar-refractivity contribution < 1.29 is 14.2 Å². The summed E-state index contributed by atoms with van der Waals surface area (Å²) in [7, 11) is 0. The minimum Gasteiger partial charge on any atom is -0.487 e. The first-order valence-corrected chi connectivity index (χ1v) is 6.15. The van der Waals surface area contributed by atoms with Crippen LogP contribution in [0.5, 0.6) is 5.75 Å². The normalized spacial score (nSPS) is 12.1. The van der Waals surface area contributed by atoms with Crippen LogP contribution >= 0.6 is 0 Å².